The van der Waals surface area contributed by atoms with Gasteiger partial charge in [0.2, 0.25) is 0 Å². The first-order valence-corrected chi connectivity index (χ1v) is 12.0. The zero-order chi connectivity index (χ0) is 24.3. The maximum atomic E-state index is 13.7. The lowest BCUT2D eigenvalue weighted by Gasteiger charge is -2.19. The Hall–Kier alpha value is -4.03. The van der Waals surface area contributed by atoms with Crippen LogP contribution in [-0.2, 0) is 0 Å². The Morgan fingerprint density at radius 3 is 2.80 bits per heavy atom. The molecule has 2 heterocycles. The minimum Gasteiger partial charge on any atom is -0.507 e. The predicted octanol–water partition coefficient (Wildman–Crippen LogP) is 5.96. The number of H-pyrrole nitrogens is 1. The van der Waals surface area contributed by atoms with Gasteiger partial charge in [0.25, 0.3) is 5.91 Å². The molecule has 1 amide bonds. The van der Waals surface area contributed by atoms with Gasteiger partial charge in [0.15, 0.2) is 0 Å². The van der Waals surface area contributed by atoms with Gasteiger partial charge >= 0.3 is 0 Å². The number of nitrogens with two attached hydrogens (primary N) is 1. The second kappa shape index (κ2) is 8.03. The lowest BCUT2D eigenvalue weighted by atomic mass is 9.92. The third kappa shape index (κ3) is 3.41. The van der Waals surface area contributed by atoms with E-state index in [1.54, 1.807) is 17.0 Å². The topological polar surface area (TPSA) is 95.2 Å². The van der Waals surface area contributed by atoms with Crippen LogP contribution in [-0.4, -0.2) is 33.4 Å². The zero-order valence-electron chi connectivity index (χ0n) is 19.0. The van der Waals surface area contributed by atoms with Gasteiger partial charge in [0, 0.05) is 46.6 Å². The van der Waals surface area contributed by atoms with Crippen molar-refractivity contribution >= 4 is 50.7 Å². The molecular formula is C28H23ClN4O2. The molecule has 0 radical (unpaired) electrons. The van der Waals surface area contributed by atoms with Crippen molar-refractivity contribution in [1.82, 2.24) is 9.97 Å². The summed E-state index contributed by atoms with van der Waals surface area (Å²) >= 11 is 6.37. The number of hydrogen-bond donors (Lipinski definition) is 3. The average molecular weight is 483 g/mol. The number of aromatic nitrogens is 2. The molecule has 0 spiro atoms. The Morgan fingerprint density at radius 1 is 1.17 bits per heavy atom. The van der Waals surface area contributed by atoms with Crippen LogP contribution in [0.2, 0.25) is 0 Å². The van der Waals surface area contributed by atoms with Crippen molar-refractivity contribution in [3.8, 4) is 17.1 Å². The number of halogens is 1. The van der Waals surface area contributed by atoms with Gasteiger partial charge < -0.3 is 20.7 Å². The molecule has 6 rings (SSSR count). The molecule has 0 aliphatic carbocycles. The van der Waals surface area contributed by atoms with Gasteiger partial charge in [-0.3, -0.25) is 4.79 Å². The number of nitrogens with zero attached hydrogens (tertiary/aromatic N) is 2. The number of carbonyl (C=O) groups is 1. The lowest BCUT2D eigenvalue weighted by Crippen LogP contribution is -2.30. The molecule has 0 unspecified atom stereocenters. The maximum Gasteiger partial charge on any atom is 0.258 e. The summed E-state index contributed by atoms with van der Waals surface area (Å²) in [5, 5.41) is 12.5. The quantitative estimate of drug-likeness (QED) is 0.218. The summed E-state index contributed by atoms with van der Waals surface area (Å²) in [6, 6.07) is 20.5. The number of phenols is 1. The van der Waals surface area contributed by atoms with Gasteiger partial charge in [0.05, 0.1) is 16.7 Å². The first-order chi connectivity index (χ1) is 16.9. The van der Waals surface area contributed by atoms with Crippen molar-refractivity contribution in [2.24, 2.45) is 0 Å². The number of aryl methyl sites for hydroxylation is 1. The number of aromatic hydroxyl groups is 1. The summed E-state index contributed by atoms with van der Waals surface area (Å²) < 4.78 is 0. The number of hydrogen-bond acceptors (Lipinski definition) is 4. The summed E-state index contributed by atoms with van der Waals surface area (Å²) in [7, 11) is 0. The standard InChI is InChI=1S/C28H23ClN4O2/c1-15-4-2-7-20-24(34)12-23-26(25(15)20)18(13-29)14-33(23)28(35)17-8-9-21-22(11-17)32-27(31-21)16-5-3-6-19(30)10-16/h2-12,18,34H,13-14,30H2,1H3,(H,31,32)/t18-/m1/s1. The van der Waals surface area contributed by atoms with E-state index in [2.05, 4.69) is 9.97 Å². The Balaban J connectivity index is 1.43. The summed E-state index contributed by atoms with van der Waals surface area (Å²) in [6.07, 6.45) is 0. The maximum absolute atomic E-state index is 13.7. The van der Waals surface area contributed by atoms with Crippen LogP contribution in [0.1, 0.15) is 27.4 Å². The highest BCUT2D eigenvalue weighted by Crippen LogP contribution is 2.46. The molecule has 5 aromatic rings. The summed E-state index contributed by atoms with van der Waals surface area (Å²) in [5.41, 5.74) is 12.3. The largest absolute Gasteiger partial charge is 0.507 e. The zero-order valence-corrected chi connectivity index (χ0v) is 19.8. The van der Waals surface area contributed by atoms with E-state index in [-0.39, 0.29) is 17.6 Å². The van der Waals surface area contributed by atoms with Crippen LogP contribution in [0.25, 0.3) is 33.2 Å². The minimum absolute atomic E-state index is 0.0224. The third-order valence-corrected chi connectivity index (χ3v) is 7.16. The molecule has 174 valence electrons. The fourth-order valence-electron chi connectivity index (χ4n) is 5.14. The summed E-state index contributed by atoms with van der Waals surface area (Å²) in [6.45, 7) is 2.47. The number of rotatable bonds is 3. The summed E-state index contributed by atoms with van der Waals surface area (Å²) in [5.74, 6) is 1.07. The molecule has 0 bridgehead atoms. The number of alkyl halides is 1. The van der Waals surface area contributed by atoms with Crippen molar-refractivity contribution in [3.63, 3.8) is 0 Å². The second-order valence-corrected chi connectivity index (χ2v) is 9.34. The number of benzene rings is 4. The van der Waals surface area contributed by atoms with E-state index in [9.17, 15) is 9.90 Å². The number of anilines is 2. The SMILES string of the molecule is Cc1cccc2c(O)cc3c(c12)[C@H](CCl)CN3C(=O)c1ccc2nc(-c3cccc(N)c3)[nH]c2c1. The van der Waals surface area contributed by atoms with Crippen molar-refractivity contribution < 1.29 is 9.90 Å². The molecule has 4 N–H and O–H groups in total. The van der Waals surface area contributed by atoms with Crippen LogP contribution in [0, 0.1) is 6.92 Å². The fourth-order valence-corrected chi connectivity index (χ4v) is 5.39. The molecule has 7 heteroatoms. The van der Waals surface area contributed by atoms with Crippen molar-refractivity contribution in [1.29, 1.82) is 0 Å². The van der Waals surface area contributed by atoms with Crippen LogP contribution in [0.15, 0.2) is 66.7 Å². The number of carbonyl (C=O) groups excluding carboxylic acids is 1. The van der Waals surface area contributed by atoms with Crippen molar-refractivity contribution in [2.75, 3.05) is 23.1 Å². The van der Waals surface area contributed by atoms with E-state index in [1.807, 2.05) is 61.5 Å². The average Bonchev–Trinajstić information content (AvgIpc) is 3.45. The number of aromatic amines is 1. The molecule has 6 nitrogen and oxygen atoms in total. The fraction of sp³-hybridized carbons (Fsp3) is 0.143. The molecule has 1 atom stereocenters. The summed E-state index contributed by atoms with van der Waals surface area (Å²) in [4.78, 5) is 23.4. The Morgan fingerprint density at radius 2 is 2.00 bits per heavy atom. The highest BCUT2D eigenvalue weighted by molar-refractivity contribution is 6.19. The second-order valence-electron chi connectivity index (χ2n) is 9.04. The Kier molecular flexibility index (Phi) is 4.93. The van der Waals surface area contributed by atoms with Gasteiger partial charge in [-0.05, 0) is 53.8 Å². The number of fused-ring (bicyclic) bond motifs is 4. The molecular weight excluding hydrogens is 460 g/mol. The van der Waals surface area contributed by atoms with E-state index < -0.39 is 0 Å². The predicted molar refractivity (Wildman–Crippen MR) is 141 cm³/mol. The van der Waals surface area contributed by atoms with Crippen molar-refractivity contribution in [3.05, 3.63) is 83.4 Å². The molecule has 35 heavy (non-hydrogen) atoms. The monoisotopic (exact) mass is 482 g/mol. The van der Waals surface area contributed by atoms with Gasteiger partial charge in [-0.15, -0.1) is 11.6 Å². The van der Waals surface area contributed by atoms with Crippen LogP contribution in [0.3, 0.4) is 0 Å². The molecule has 1 aromatic heterocycles. The van der Waals surface area contributed by atoms with E-state index in [4.69, 9.17) is 17.3 Å². The number of amides is 1. The van der Waals surface area contributed by atoms with Gasteiger partial charge in [0.1, 0.15) is 11.6 Å². The number of nitrogens with one attached hydrogen (secondary N) is 1. The van der Waals surface area contributed by atoms with Crippen molar-refractivity contribution in [2.45, 2.75) is 12.8 Å². The number of phenolic OH excluding ortho intramolecular Hbond substituents is 1. The first-order valence-electron chi connectivity index (χ1n) is 11.4. The lowest BCUT2D eigenvalue weighted by molar-refractivity contribution is 0.0988. The Labute approximate surface area is 207 Å². The highest BCUT2D eigenvalue weighted by atomic mass is 35.5. The molecule has 0 saturated heterocycles. The first kappa shape index (κ1) is 21.5. The van der Waals surface area contributed by atoms with Crippen LogP contribution in [0.5, 0.6) is 5.75 Å². The molecule has 1 aliphatic rings. The van der Waals surface area contributed by atoms with Crippen LogP contribution < -0.4 is 10.6 Å². The molecule has 0 fully saturated rings. The van der Waals surface area contributed by atoms with Gasteiger partial charge in [-0.1, -0.05) is 30.3 Å². The number of imidazole rings is 1. The highest BCUT2D eigenvalue weighted by Gasteiger charge is 2.35. The Bertz CT molecular complexity index is 1640. The van der Waals surface area contributed by atoms with Crippen LogP contribution in [0.4, 0.5) is 11.4 Å². The van der Waals surface area contributed by atoms with E-state index in [0.717, 1.165) is 38.5 Å². The normalized spacial score (nSPS) is 15.1. The smallest absolute Gasteiger partial charge is 0.258 e. The molecule has 1 aliphatic heterocycles. The van der Waals surface area contributed by atoms with Gasteiger partial charge in [-0.25, -0.2) is 4.98 Å². The molecule has 4 aromatic carbocycles. The molecule has 0 saturated carbocycles. The van der Waals surface area contributed by atoms with E-state index in [1.165, 1.54) is 0 Å². The van der Waals surface area contributed by atoms with Gasteiger partial charge in [-0.2, -0.15) is 0 Å². The van der Waals surface area contributed by atoms with Crippen LogP contribution >= 0.6 is 11.6 Å². The van der Waals surface area contributed by atoms with E-state index >= 15 is 0 Å². The minimum atomic E-state index is -0.145. The number of nitrogen functional groups attached to an aromatic ring is 1. The van der Waals surface area contributed by atoms with E-state index in [0.29, 0.717) is 35.2 Å². The third-order valence-electron chi connectivity index (χ3n) is 6.79.